The number of nitrogen functional groups attached to an aromatic ring is 1. The number of Topliss-reactive ketones (excluding diaryl/α,β-unsaturated/α-hetero) is 1. The third kappa shape index (κ3) is 2.03. The highest BCUT2D eigenvalue weighted by Gasteiger charge is 2.37. The van der Waals surface area contributed by atoms with Crippen LogP contribution in [0.3, 0.4) is 0 Å². The molecular formula is C9H8F3NO2. The van der Waals surface area contributed by atoms with E-state index in [1.807, 2.05) is 0 Å². The Morgan fingerprint density at radius 1 is 1.40 bits per heavy atom. The number of nitrogens with two attached hydrogens (primary N) is 1. The van der Waals surface area contributed by atoms with E-state index in [-0.39, 0.29) is 5.56 Å². The SMILES string of the molecule is CC(=O)c1ccc(O)c(C(F)(F)F)c1N. The van der Waals surface area contributed by atoms with Crippen molar-refractivity contribution < 1.29 is 23.1 Å². The second-order valence-electron chi connectivity index (χ2n) is 2.97. The smallest absolute Gasteiger partial charge is 0.421 e. The summed E-state index contributed by atoms with van der Waals surface area (Å²) in [5, 5.41) is 9.02. The van der Waals surface area contributed by atoms with E-state index in [9.17, 15) is 18.0 Å². The number of benzene rings is 1. The van der Waals surface area contributed by atoms with E-state index in [0.717, 1.165) is 19.1 Å². The lowest BCUT2D eigenvalue weighted by Gasteiger charge is -2.13. The van der Waals surface area contributed by atoms with Gasteiger partial charge in [-0.05, 0) is 19.1 Å². The van der Waals surface area contributed by atoms with E-state index in [4.69, 9.17) is 10.8 Å². The van der Waals surface area contributed by atoms with Gasteiger partial charge in [-0.15, -0.1) is 0 Å². The van der Waals surface area contributed by atoms with Gasteiger partial charge in [-0.3, -0.25) is 4.79 Å². The van der Waals surface area contributed by atoms with E-state index in [1.165, 1.54) is 0 Å². The van der Waals surface area contributed by atoms with Crippen LogP contribution in [0, 0.1) is 0 Å². The Hall–Kier alpha value is -1.72. The predicted molar refractivity (Wildman–Crippen MR) is 47.5 cm³/mol. The molecule has 3 N–H and O–H groups in total. The normalized spacial score (nSPS) is 11.5. The summed E-state index contributed by atoms with van der Waals surface area (Å²) < 4.78 is 37.2. The molecule has 0 heterocycles. The first kappa shape index (κ1) is 11.4. The first-order valence-electron chi connectivity index (χ1n) is 3.94. The van der Waals surface area contributed by atoms with Crippen LogP contribution in [0.4, 0.5) is 18.9 Å². The Kier molecular flexibility index (Phi) is 2.61. The lowest BCUT2D eigenvalue weighted by Crippen LogP contribution is -2.12. The highest BCUT2D eigenvalue weighted by atomic mass is 19.4. The summed E-state index contributed by atoms with van der Waals surface area (Å²) >= 11 is 0. The molecule has 1 aromatic rings. The van der Waals surface area contributed by atoms with Gasteiger partial charge in [-0.2, -0.15) is 13.2 Å². The summed E-state index contributed by atoms with van der Waals surface area (Å²) in [4.78, 5) is 10.9. The Morgan fingerprint density at radius 2 is 1.93 bits per heavy atom. The molecule has 6 heteroatoms. The third-order valence-electron chi connectivity index (χ3n) is 1.89. The van der Waals surface area contributed by atoms with Crippen LogP contribution in [0.2, 0.25) is 0 Å². The van der Waals surface area contributed by atoms with Gasteiger partial charge in [0.15, 0.2) is 5.78 Å². The van der Waals surface area contributed by atoms with Crippen LogP contribution in [0.15, 0.2) is 12.1 Å². The molecule has 0 aliphatic carbocycles. The number of carbonyl (C=O) groups is 1. The Labute approximate surface area is 83.3 Å². The zero-order valence-electron chi connectivity index (χ0n) is 7.72. The second kappa shape index (κ2) is 3.45. The molecule has 0 bridgehead atoms. The molecule has 1 rings (SSSR count). The standard InChI is InChI=1S/C9H8F3NO2/c1-4(14)5-2-3-6(15)7(8(5)13)9(10,11)12/h2-3,15H,13H2,1H3. The summed E-state index contributed by atoms with van der Waals surface area (Å²) in [6, 6.07) is 1.86. The van der Waals surface area contributed by atoms with Crippen molar-refractivity contribution in [1.29, 1.82) is 0 Å². The van der Waals surface area contributed by atoms with E-state index >= 15 is 0 Å². The van der Waals surface area contributed by atoms with Crippen molar-refractivity contribution in [3.8, 4) is 5.75 Å². The zero-order chi connectivity index (χ0) is 11.8. The fraction of sp³-hybridized carbons (Fsp3) is 0.222. The van der Waals surface area contributed by atoms with Crippen LogP contribution in [0.25, 0.3) is 0 Å². The van der Waals surface area contributed by atoms with E-state index in [0.29, 0.717) is 0 Å². The quantitative estimate of drug-likeness (QED) is 0.562. The van der Waals surface area contributed by atoms with Crippen molar-refractivity contribution in [3.63, 3.8) is 0 Å². The van der Waals surface area contributed by atoms with Gasteiger partial charge < -0.3 is 10.8 Å². The van der Waals surface area contributed by atoms with Crippen molar-refractivity contribution in [1.82, 2.24) is 0 Å². The molecule has 0 radical (unpaired) electrons. The third-order valence-corrected chi connectivity index (χ3v) is 1.89. The average molecular weight is 219 g/mol. The number of carbonyl (C=O) groups excluding carboxylic acids is 1. The Morgan fingerprint density at radius 3 is 2.33 bits per heavy atom. The molecule has 0 aliphatic rings. The number of alkyl halides is 3. The van der Waals surface area contributed by atoms with Crippen molar-refractivity contribution >= 4 is 11.5 Å². The maximum atomic E-state index is 12.4. The van der Waals surface area contributed by atoms with Crippen LogP contribution in [-0.2, 0) is 6.18 Å². The summed E-state index contributed by atoms with van der Waals surface area (Å²) in [6.07, 6.45) is -4.78. The molecule has 0 amide bonds. The van der Waals surface area contributed by atoms with Gasteiger partial charge in [0.05, 0.1) is 5.69 Å². The number of anilines is 1. The molecule has 0 atom stereocenters. The largest absolute Gasteiger partial charge is 0.507 e. The van der Waals surface area contributed by atoms with Gasteiger partial charge in [-0.1, -0.05) is 0 Å². The summed E-state index contributed by atoms with van der Waals surface area (Å²) in [7, 11) is 0. The summed E-state index contributed by atoms with van der Waals surface area (Å²) in [6.45, 7) is 1.10. The van der Waals surface area contributed by atoms with Gasteiger partial charge in [-0.25, -0.2) is 0 Å². The molecule has 82 valence electrons. The number of phenols is 1. The molecular weight excluding hydrogens is 211 g/mol. The number of ketones is 1. The van der Waals surface area contributed by atoms with Crippen LogP contribution in [0.5, 0.6) is 5.75 Å². The van der Waals surface area contributed by atoms with E-state index in [2.05, 4.69) is 0 Å². The highest BCUT2D eigenvalue weighted by molar-refractivity contribution is 6.00. The minimum atomic E-state index is -4.78. The van der Waals surface area contributed by atoms with Crippen molar-refractivity contribution in [2.24, 2.45) is 0 Å². The second-order valence-corrected chi connectivity index (χ2v) is 2.97. The number of halogens is 3. The van der Waals surface area contributed by atoms with Crippen molar-refractivity contribution in [3.05, 3.63) is 23.3 Å². The number of aromatic hydroxyl groups is 1. The summed E-state index contributed by atoms with van der Waals surface area (Å²) in [5.41, 5.74) is 2.81. The van der Waals surface area contributed by atoms with E-state index < -0.39 is 29.0 Å². The molecule has 1 aromatic carbocycles. The molecule has 0 fully saturated rings. The van der Waals surface area contributed by atoms with Gasteiger partial charge in [0, 0.05) is 5.56 Å². The fourth-order valence-corrected chi connectivity index (χ4v) is 1.21. The monoisotopic (exact) mass is 219 g/mol. The molecule has 0 aliphatic heterocycles. The first-order chi connectivity index (χ1) is 6.75. The van der Waals surface area contributed by atoms with Crippen LogP contribution in [-0.4, -0.2) is 10.9 Å². The maximum absolute atomic E-state index is 12.4. The molecule has 15 heavy (non-hydrogen) atoms. The number of phenolic OH excluding ortho intramolecular Hbond substituents is 1. The van der Waals surface area contributed by atoms with E-state index in [1.54, 1.807) is 0 Å². The molecule has 0 saturated carbocycles. The number of hydrogen-bond acceptors (Lipinski definition) is 3. The maximum Gasteiger partial charge on any atom is 0.421 e. The Bertz CT molecular complexity index is 413. The van der Waals surface area contributed by atoms with Crippen LogP contribution in [0.1, 0.15) is 22.8 Å². The topological polar surface area (TPSA) is 63.3 Å². The molecule has 3 nitrogen and oxygen atoms in total. The minimum absolute atomic E-state index is 0.250. The van der Waals surface area contributed by atoms with Gasteiger partial charge in [0.25, 0.3) is 0 Å². The van der Waals surface area contributed by atoms with Crippen LogP contribution >= 0.6 is 0 Å². The number of hydrogen-bond donors (Lipinski definition) is 2. The average Bonchev–Trinajstić information content (AvgIpc) is 2.00. The van der Waals surface area contributed by atoms with Crippen LogP contribution < -0.4 is 5.73 Å². The molecule has 0 spiro atoms. The van der Waals surface area contributed by atoms with Gasteiger partial charge in [0.2, 0.25) is 0 Å². The lowest BCUT2D eigenvalue weighted by molar-refractivity contribution is -0.138. The Balaban J connectivity index is 3.51. The van der Waals surface area contributed by atoms with Gasteiger partial charge in [0.1, 0.15) is 11.3 Å². The molecule has 0 unspecified atom stereocenters. The molecule has 0 aromatic heterocycles. The minimum Gasteiger partial charge on any atom is -0.507 e. The van der Waals surface area contributed by atoms with Crippen molar-refractivity contribution in [2.45, 2.75) is 13.1 Å². The lowest BCUT2D eigenvalue weighted by atomic mass is 10.0. The fourth-order valence-electron chi connectivity index (χ4n) is 1.21. The zero-order valence-corrected chi connectivity index (χ0v) is 7.72. The molecule has 0 saturated heterocycles. The predicted octanol–water partition coefficient (Wildman–Crippen LogP) is 2.20. The highest BCUT2D eigenvalue weighted by Crippen LogP contribution is 2.40. The van der Waals surface area contributed by atoms with Crippen molar-refractivity contribution in [2.75, 3.05) is 5.73 Å². The summed E-state index contributed by atoms with van der Waals surface area (Å²) in [5.74, 6) is -1.57. The first-order valence-corrected chi connectivity index (χ1v) is 3.94. The number of rotatable bonds is 1. The van der Waals surface area contributed by atoms with Gasteiger partial charge >= 0.3 is 6.18 Å².